The smallest absolute Gasteiger partial charge is 0.312 e. The maximum absolute atomic E-state index is 11.9. The Labute approximate surface area is 160 Å². The number of nitrogens with zero attached hydrogens (tertiary/aromatic N) is 2. The predicted molar refractivity (Wildman–Crippen MR) is 101 cm³/mol. The third-order valence-corrected chi connectivity index (χ3v) is 3.63. The average Bonchev–Trinajstić information content (AvgIpc) is 2.66. The number of benzene rings is 2. The highest BCUT2D eigenvalue weighted by Gasteiger charge is 2.18. The molecule has 27 heavy (non-hydrogen) atoms. The van der Waals surface area contributed by atoms with Crippen molar-refractivity contribution in [2.75, 3.05) is 6.54 Å². The number of nitro benzene ring substituents is 1. The number of para-hydroxylation sites is 1. The summed E-state index contributed by atoms with van der Waals surface area (Å²) in [5.74, 6) is -0.344. The van der Waals surface area contributed by atoms with Gasteiger partial charge in [-0.2, -0.15) is 5.26 Å². The molecule has 8 heteroatoms. The van der Waals surface area contributed by atoms with E-state index < -0.39 is 10.8 Å². The number of nitriles is 1. The molecule has 0 spiro atoms. The number of rotatable bonds is 7. The van der Waals surface area contributed by atoms with E-state index in [1.165, 1.54) is 30.4 Å². The minimum Gasteiger partial charge on any atom is -0.449 e. The van der Waals surface area contributed by atoms with Gasteiger partial charge in [0.15, 0.2) is 0 Å². The van der Waals surface area contributed by atoms with Crippen LogP contribution in [-0.2, 0) is 4.79 Å². The predicted octanol–water partition coefficient (Wildman–Crippen LogP) is 4.25. The first-order chi connectivity index (χ1) is 13.0. The fourth-order valence-corrected chi connectivity index (χ4v) is 2.25. The zero-order valence-corrected chi connectivity index (χ0v) is 14.8. The van der Waals surface area contributed by atoms with Crippen LogP contribution in [0.15, 0.2) is 60.7 Å². The number of carbonyl (C=O) groups is 1. The van der Waals surface area contributed by atoms with Gasteiger partial charge in [-0.3, -0.25) is 14.9 Å². The van der Waals surface area contributed by atoms with Crippen molar-refractivity contribution in [3.8, 4) is 17.6 Å². The Hall–Kier alpha value is -3.63. The molecule has 0 saturated heterocycles. The van der Waals surface area contributed by atoms with E-state index in [4.69, 9.17) is 21.6 Å². The van der Waals surface area contributed by atoms with Gasteiger partial charge in [-0.1, -0.05) is 35.9 Å². The summed E-state index contributed by atoms with van der Waals surface area (Å²) in [6.45, 7) is 3.66. The lowest BCUT2D eigenvalue weighted by atomic mass is 10.1. The van der Waals surface area contributed by atoms with Gasteiger partial charge in [0.05, 0.1) is 9.95 Å². The number of ether oxygens (including phenoxy) is 1. The van der Waals surface area contributed by atoms with Crippen LogP contribution in [0.5, 0.6) is 11.5 Å². The summed E-state index contributed by atoms with van der Waals surface area (Å²) in [7, 11) is 0. The molecule has 0 heterocycles. The zero-order valence-electron chi connectivity index (χ0n) is 14.0. The van der Waals surface area contributed by atoms with E-state index in [0.717, 1.165) is 0 Å². The molecule has 0 aromatic heterocycles. The van der Waals surface area contributed by atoms with Gasteiger partial charge in [-0.15, -0.1) is 6.58 Å². The second-order valence-corrected chi connectivity index (χ2v) is 5.59. The van der Waals surface area contributed by atoms with E-state index in [1.54, 1.807) is 30.3 Å². The Morgan fingerprint density at radius 2 is 2.07 bits per heavy atom. The molecule has 0 aliphatic heterocycles. The zero-order chi connectivity index (χ0) is 19.8. The molecule has 0 unspecified atom stereocenters. The highest BCUT2D eigenvalue weighted by Crippen LogP contribution is 2.35. The second kappa shape index (κ2) is 9.17. The van der Waals surface area contributed by atoms with Crippen molar-refractivity contribution in [1.29, 1.82) is 5.26 Å². The van der Waals surface area contributed by atoms with E-state index in [2.05, 4.69) is 11.9 Å². The van der Waals surface area contributed by atoms with Gasteiger partial charge in [0, 0.05) is 12.6 Å². The highest BCUT2D eigenvalue weighted by molar-refractivity contribution is 6.32. The summed E-state index contributed by atoms with van der Waals surface area (Å²) >= 11 is 6.01. The molecule has 0 atom stereocenters. The third kappa shape index (κ3) is 5.17. The van der Waals surface area contributed by atoms with E-state index in [1.807, 2.05) is 0 Å². The highest BCUT2D eigenvalue weighted by atomic mass is 35.5. The van der Waals surface area contributed by atoms with Crippen LogP contribution in [0.25, 0.3) is 6.08 Å². The molecule has 2 aromatic carbocycles. The molecule has 136 valence electrons. The van der Waals surface area contributed by atoms with Gasteiger partial charge in [-0.25, -0.2) is 0 Å². The van der Waals surface area contributed by atoms with E-state index in [0.29, 0.717) is 10.6 Å². The first-order valence-corrected chi connectivity index (χ1v) is 8.05. The van der Waals surface area contributed by atoms with Crippen molar-refractivity contribution in [3.05, 3.63) is 81.4 Å². The van der Waals surface area contributed by atoms with Crippen molar-refractivity contribution >= 4 is 29.3 Å². The number of hydrogen-bond acceptors (Lipinski definition) is 5. The molecule has 1 N–H and O–H groups in total. The summed E-state index contributed by atoms with van der Waals surface area (Å²) in [4.78, 5) is 22.7. The van der Waals surface area contributed by atoms with Gasteiger partial charge < -0.3 is 10.1 Å². The van der Waals surface area contributed by atoms with Crippen LogP contribution >= 0.6 is 11.6 Å². The van der Waals surface area contributed by atoms with Gasteiger partial charge in [-0.05, 0) is 29.8 Å². The van der Waals surface area contributed by atoms with Crippen LogP contribution in [0.4, 0.5) is 5.69 Å². The molecule has 2 rings (SSSR count). The summed E-state index contributed by atoms with van der Waals surface area (Å²) in [6, 6.07) is 12.4. The largest absolute Gasteiger partial charge is 0.449 e. The lowest BCUT2D eigenvalue weighted by molar-refractivity contribution is -0.385. The third-order valence-electron chi connectivity index (χ3n) is 3.32. The normalized spacial score (nSPS) is 10.6. The minimum atomic E-state index is -0.618. The van der Waals surface area contributed by atoms with Gasteiger partial charge in [0.25, 0.3) is 5.91 Å². The number of halogens is 1. The van der Waals surface area contributed by atoms with Crippen LogP contribution in [0, 0.1) is 21.4 Å². The summed E-state index contributed by atoms with van der Waals surface area (Å²) in [5.41, 5.74) is -0.211. The fraction of sp³-hybridized carbons (Fsp3) is 0.0526. The summed E-state index contributed by atoms with van der Waals surface area (Å²) in [5, 5.41) is 23.3. The van der Waals surface area contributed by atoms with Crippen molar-refractivity contribution in [1.82, 2.24) is 5.32 Å². The van der Waals surface area contributed by atoms with Crippen LogP contribution in [0.1, 0.15) is 5.56 Å². The topological polar surface area (TPSA) is 105 Å². The van der Waals surface area contributed by atoms with Gasteiger partial charge >= 0.3 is 5.69 Å². The second-order valence-electron chi connectivity index (χ2n) is 5.19. The van der Waals surface area contributed by atoms with Crippen molar-refractivity contribution < 1.29 is 14.5 Å². The fourth-order valence-electron chi connectivity index (χ4n) is 2.07. The van der Waals surface area contributed by atoms with Crippen LogP contribution in [0.3, 0.4) is 0 Å². The molecule has 1 amide bonds. The van der Waals surface area contributed by atoms with Crippen molar-refractivity contribution in [3.63, 3.8) is 0 Å². The molecule has 2 aromatic rings. The van der Waals surface area contributed by atoms with Gasteiger partial charge in [0.1, 0.15) is 17.4 Å². The van der Waals surface area contributed by atoms with E-state index in [9.17, 15) is 14.9 Å². The first-order valence-electron chi connectivity index (χ1n) is 7.68. The number of amides is 1. The van der Waals surface area contributed by atoms with E-state index >= 15 is 0 Å². The summed E-state index contributed by atoms with van der Waals surface area (Å²) in [6.07, 6.45) is 2.73. The average molecular weight is 384 g/mol. The maximum atomic E-state index is 11.9. The molecule has 0 bridgehead atoms. The Morgan fingerprint density at radius 1 is 1.33 bits per heavy atom. The summed E-state index contributed by atoms with van der Waals surface area (Å²) < 4.78 is 5.54. The Bertz CT molecular complexity index is 964. The molecular weight excluding hydrogens is 370 g/mol. The molecular formula is C19H14ClN3O4. The standard InChI is InChI=1S/C19H14ClN3O4/c1-2-9-22-19(24)14(12-21)10-13-7-8-18(16(11-13)23(25)26)27-17-6-4-3-5-15(17)20/h2-8,10-11H,1,9H2,(H,22,24)/b14-10+. The quantitative estimate of drug-likeness (QED) is 0.253. The molecule has 0 fully saturated rings. The molecule has 7 nitrogen and oxygen atoms in total. The molecule has 0 aliphatic carbocycles. The number of nitrogens with one attached hydrogen (secondary N) is 1. The van der Waals surface area contributed by atoms with Gasteiger partial charge in [0.2, 0.25) is 5.75 Å². The number of carbonyl (C=O) groups excluding carboxylic acids is 1. The number of nitro groups is 1. The van der Waals surface area contributed by atoms with E-state index in [-0.39, 0.29) is 29.3 Å². The van der Waals surface area contributed by atoms with Crippen LogP contribution < -0.4 is 10.1 Å². The monoisotopic (exact) mass is 383 g/mol. The maximum Gasteiger partial charge on any atom is 0.312 e. The number of hydrogen-bond donors (Lipinski definition) is 1. The van der Waals surface area contributed by atoms with Crippen molar-refractivity contribution in [2.24, 2.45) is 0 Å². The molecule has 0 aliphatic rings. The first kappa shape index (κ1) is 19.7. The Kier molecular flexibility index (Phi) is 6.69. The van der Waals surface area contributed by atoms with Crippen molar-refractivity contribution in [2.45, 2.75) is 0 Å². The SMILES string of the molecule is C=CCNC(=O)/C(C#N)=C/c1ccc(Oc2ccccc2Cl)c([N+](=O)[O-])c1. The Morgan fingerprint density at radius 3 is 2.70 bits per heavy atom. The Balaban J connectivity index is 2.37. The molecule has 0 saturated carbocycles. The van der Waals surface area contributed by atoms with Crippen LogP contribution in [-0.4, -0.2) is 17.4 Å². The lowest BCUT2D eigenvalue weighted by Crippen LogP contribution is -2.24. The minimum absolute atomic E-state index is 0.0140. The van der Waals surface area contributed by atoms with Crippen LogP contribution in [0.2, 0.25) is 5.02 Å². The lowest BCUT2D eigenvalue weighted by Gasteiger charge is -2.08. The molecule has 0 radical (unpaired) electrons.